The maximum atomic E-state index is 13.6. The zero-order chi connectivity index (χ0) is 20.2. The summed E-state index contributed by atoms with van der Waals surface area (Å²) in [6.45, 7) is 2.11. The summed E-state index contributed by atoms with van der Waals surface area (Å²) in [4.78, 5) is 20.3. The fourth-order valence-corrected chi connectivity index (χ4v) is 3.85. The molecule has 3 aromatic carbocycles. The Balaban J connectivity index is 1.80. The lowest BCUT2D eigenvalue weighted by molar-refractivity contribution is 0.0728. The molecule has 0 unspecified atom stereocenters. The SMILES string of the molecule is CC[C@@H](c1ccccc1)N(C)C(=O)c1cc(-c2ccccc2)nc2ccccc12. The lowest BCUT2D eigenvalue weighted by Crippen LogP contribution is -2.31. The summed E-state index contributed by atoms with van der Waals surface area (Å²) in [5, 5.41) is 0.881. The van der Waals surface area contributed by atoms with Gasteiger partial charge in [0.05, 0.1) is 22.8 Å². The fraction of sp³-hybridized carbons (Fsp3) is 0.154. The summed E-state index contributed by atoms with van der Waals surface area (Å²) >= 11 is 0. The summed E-state index contributed by atoms with van der Waals surface area (Å²) < 4.78 is 0. The molecule has 4 aromatic rings. The van der Waals surface area contributed by atoms with Crippen LogP contribution in [0.15, 0.2) is 91.0 Å². The van der Waals surface area contributed by atoms with Gasteiger partial charge in [-0.3, -0.25) is 4.79 Å². The third-order valence-corrected chi connectivity index (χ3v) is 5.38. The van der Waals surface area contributed by atoms with Gasteiger partial charge in [-0.2, -0.15) is 0 Å². The molecule has 1 aromatic heterocycles. The number of para-hydroxylation sites is 1. The Bertz CT molecular complexity index is 1120. The van der Waals surface area contributed by atoms with Gasteiger partial charge in [0.15, 0.2) is 0 Å². The summed E-state index contributed by atoms with van der Waals surface area (Å²) in [6.07, 6.45) is 0.848. The molecule has 3 heteroatoms. The van der Waals surface area contributed by atoms with Crippen molar-refractivity contribution in [3.8, 4) is 11.3 Å². The van der Waals surface area contributed by atoms with E-state index in [0.717, 1.165) is 34.1 Å². The first kappa shape index (κ1) is 18.9. The molecule has 0 fully saturated rings. The molecule has 0 aliphatic rings. The van der Waals surface area contributed by atoms with E-state index in [9.17, 15) is 4.79 Å². The first-order valence-corrected chi connectivity index (χ1v) is 9.96. The van der Waals surface area contributed by atoms with Crippen LogP contribution < -0.4 is 0 Å². The molecule has 0 aliphatic heterocycles. The van der Waals surface area contributed by atoms with Crippen LogP contribution in [-0.2, 0) is 0 Å². The lowest BCUT2D eigenvalue weighted by Gasteiger charge is -2.28. The number of benzene rings is 3. The van der Waals surface area contributed by atoms with Crippen LogP contribution >= 0.6 is 0 Å². The predicted molar refractivity (Wildman–Crippen MR) is 119 cm³/mol. The van der Waals surface area contributed by atoms with Crippen LogP contribution in [0.25, 0.3) is 22.2 Å². The number of fused-ring (bicyclic) bond motifs is 1. The van der Waals surface area contributed by atoms with Crippen molar-refractivity contribution in [1.82, 2.24) is 9.88 Å². The molecule has 0 saturated heterocycles. The van der Waals surface area contributed by atoms with Gasteiger partial charge in [0, 0.05) is 18.0 Å². The minimum absolute atomic E-state index is 0.0106. The van der Waals surface area contributed by atoms with E-state index in [1.165, 1.54) is 0 Å². The van der Waals surface area contributed by atoms with Crippen molar-refractivity contribution >= 4 is 16.8 Å². The molecule has 1 amide bonds. The molecule has 3 nitrogen and oxygen atoms in total. The molecule has 0 spiro atoms. The topological polar surface area (TPSA) is 33.2 Å². The molecule has 29 heavy (non-hydrogen) atoms. The summed E-state index contributed by atoms with van der Waals surface area (Å²) in [5.41, 5.74) is 4.48. The van der Waals surface area contributed by atoms with Crippen molar-refractivity contribution in [2.75, 3.05) is 7.05 Å². The zero-order valence-corrected chi connectivity index (χ0v) is 16.7. The van der Waals surface area contributed by atoms with Crippen LogP contribution in [0, 0.1) is 0 Å². The van der Waals surface area contributed by atoms with Crippen LogP contribution in [0.4, 0.5) is 0 Å². The van der Waals surface area contributed by atoms with Crippen molar-refractivity contribution in [3.63, 3.8) is 0 Å². The third-order valence-electron chi connectivity index (χ3n) is 5.38. The molecule has 1 atom stereocenters. The standard InChI is InChI=1S/C26H24N2O/c1-3-25(20-14-8-5-9-15-20)28(2)26(29)22-18-24(19-12-6-4-7-13-19)27-23-17-11-10-16-21(22)23/h4-18,25H,3H2,1-2H3/t25-/m0/s1. The van der Waals surface area contributed by atoms with E-state index in [2.05, 4.69) is 19.1 Å². The second-order valence-electron chi connectivity index (χ2n) is 7.19. The van der Waals surface area contributed by atoms with Crippen molar-refractivity contribution in [3.05, 3.63) is 102 Å². The molecular formula is C26H24N2O. The van der Waals surface area contributed by atoms with E-state index in [-0.39, 0.29) is 11.9 Å². The Hall–Kier alpha value is -3.46. The highest BCUT2D eigenvalue weighted by molar-refractivity contribution is 6.07. The van der Waals surface area contributed by atoms with Crippen LogP contribution in [-0.4, -0.2) is 22.8 Å². The lowest BCUT2D eigenvalue weighted by atomic mass is 10.00. The summed E-state index contributed by atoms with van der Waals surface area (Å²) in [7, 11) is 1.89. The average Bonchev–Trinajstić information content (AvgIpc) is 2.79. The van der Waals surface area contributed by atoms with Crippen molar-refractivity contribution in [1.29, 1.82) is 0 Å². The van der Waals surface area contributed by atoms with Crippen LogP contribution in [0.2, 0.25) is 0 Å². The van der Waals surface area contributed by atoms with E-state index in [1.54, 1.807) is 0 Å². The number of carbonyl (C=O) groups is 1. The number of nitrogens with zero attached hydrogens (tertiary/aromatic N) is 2. The van der Waals surface area contributed by atoms with Gasteiger partial charge in [0.1, 0.15) is 0 Å². The van der Waals surface area contributed by atoms with E-state index < -0.39 is 0 Å². The van der Waals surface area contributed by atoms with Gasteiger partial charge >= 0.3 is 0 Å². The first-order valence-electron chi connectivity index (χ1n) is 9.96. The van der Waals surface area contributed by atoms with E-state index in [4.69, 9.17) is 4.98 Å². The van der Waals surface area contributed by atoms with Gasteiger partial charge in [0.25, 0.3) is 5.91 Å². The zero-order valence-electron chi connectivity index (χ0n) is 16.7. The number of carbonyl (C=O) groups excluding carboxylic acids is 1. The van der Waals surface area contributed by atoms with E-state index in [1.807, 2.05) is 90.8 Å². The smallest absolute Gasteiger partial charge is 0.254 e. The second kappa shape index (κ2) is 8.27. The maximum absolute atomic E-state index is 13.6. The van der Waals surface area contributed by atoms with Gasteiger partial charge < -0.3 is 4.90 Å². The Morgan fingerprint density at radius 3 is 2.21 bits per heavy atom. The summed E-state index contributed by atoms with van der Waals surface area (Å²) in [5.74, 6) is 0.0106. The molecule has 144 valence electrons. The Morgan fingerprint density at radius 2 is 1.52 bits per heavy atom. The number of pyridine rings is 1. The Morgan fingerprint density at radius 1 is 0.897 bits per heavy atom. The number of hydrogen-bond acceptors (Lipinski definition) is 2. The predicted octanol–water partition coefficient (Wildman–Crippen LogP) is 6.13. The maximum Gasteiger partial charge on any atom is 0.254 e. The van der Waals surface area contributed by atoms with Gasteiger partial charge in [-0.15, -0.1) is 0 Å². The normalized spacial score (nSPS) is 11.9. The number of hydrogen-bond donors (Lipinski definition) is 0. The van der Waals surface area contributed by atoms with Gasteiger partial charge in [-0.05, 0) is 24.1 Å². The van der Waals surface area contributed by atoms with Crippen molar-refractivity contribution in [2.24, 2.45) is 0 Å². The monoisotopic (exact) mass is 380 g/mol. The van der Waals surface area contributed by atoms with Crippen LogP contribution in [0.5, 0.6) is 0 Å². The summed E-state index contributed by atoms with van der Waals surface area (Å²) in [6, 6.07) is 30.0. The fourth-order valence-electron chi connectivity index (χ4n) is 3.85. The quantitative estimate of drug-likeness (QED) is 0.417. The van der Waals surface area contributed by atoms with Crippen molar-refractivity contribution < 1.29 is 4.79 Å². The Labute approximate surface area is 171 Å². The molecule has 0 aliphatic carbocycles. The molecule has 4 rings (SSSR count). The Kier molecular flexibility index (Phi) is 5.39. The largest absolute Gasteiger partial charge is 0.335 e. The van der Waals surface area contributed by atoms with E-state index >= 15 is 0 Å². The molecule has 0 N–H and O–H groups in total. The molecular weight excluding hydrogens is 356 g/mol. The van der Waals surface area contributed by atoms with Crippen LogP contribution in [0.1, 0.15) is 35.3 Å². The molecule has 0 radical (unpaired) electrons. The molecule has 0 saturated carbocycles. The van der Waals surface area contributed by atoms with Crippen molar-refractivity contribution in [2.45, 2.75) is 19.4 Å². The molecule has 1 heterocycles. The number of rotatable bonds is 5. The van der Waals surface area contributed by atoms with Gasteiger partial charge in [0.2, 0.25) is 0 Å². The highest BCUT2D eigenvalue weighted by Gasteiger charge is 2.23. The molecule has 0 bridgehead atoms. The van der Waals surface area contributed by atoms with Gasteiger partial charge in [-0.1, -0.05) is 85.8 Å². The highest BCUT2D eigenvalue weighted by atomic mass is 16.2. The minimum Gasteiger partial charge on any atom is -0.335 e. The first-order chi connectivity index (χ1) is 14.2. The minimum atomic E-state index is 0.0106. The highest BCUT2D eigenvalue weighted by Crippen LogP contribution is 2.29. The van der Waals surface area contributed by atoms with Gasteiger partial charge in [-0.25, -0.2) is 4.98 Å². The van der Waals surface area contributed by atoms with E-state index in [0.29, 0.717) is 5.56 Å². The third kappa shape index (κ3) is 3.77. The average molecular weight is 380 g/mol. The number of aromatic nitrogens is 1. The number of amides is 1. The van der Waals surface area contributed by atoms with Crippen LogP contribution in [0.3, 0.4) is 0 Å². The second-order valence-corrected chi connectivity index (χ2v) is 7.19.